The minimum absolute atomic E-state index is 0.284. The van der Waals surface area contributed by atoms with E-state index in [2.05, 4.69) is 15.3 Å². The van der Waals surface area contributed by atoms with Crippen molar-refractivity contribution in [2.45, 2.75) is 26.9 Å². The minimum Gasteiger partial charge on any atom is -0.357 e. The molecule has 0 radical (unpaired) electrons. The third-order valence-corrected chi connectivity index (χ3v) is 3.37. The summed E-state index contributed by atoms with van der Waals surface area (Å²) in [5.74, 6) is 1.03. The van der Waals surface area contributed by atoms with Crippen molar-refractivity contribution in [3.05, 3.63) is 41.6 Å². The van der Waals surface area contributed by atoms with Crippen LogP contribution in [0.3, 0.4) is 0 Å². The lowest BCUT2D eigenvalue weighted by molar-refractivity contribution is -0.137. The van der Waals surface area contributed by atoms with E-state index in [-0.39, 0.29) is 5.95 Å². The number of hydrogen-bond donors (Lipinski definition) is 1. The molecule has 0 atom stereocenters. The Bertz CT molecular complexity index is 667. The zero-order chi connectivity index (χ0) is 17.0. The van der Waals surface area contributed by atoms with Gasteiger partial charge < -0.3 is 10.2 Å². The van der Waals surface area contributed by atoms with E-state index in [4.69, 9.17) is 0 Å². The van der Waals surface area contributed by atoms with Crippen molar-refractivity contribution in [2.24, 2.45) is 0 Å². The van der Waals surface area contributed by atoms with Gasteiger partial charge >= 0.3 is 6.18 Å². The number of hydrogen-bond acceptors (Lipinski definition) is 4. The molecule has 1 aromatic heterocycles. The molecule has 0 saturated heterocycles. The van der Waals surface area contributed by atoms with Crippen molar-refractivity contribution in [2.75, 3.05) is 23.3 Å². The van der Waals surface area contributed by atoms with Crippen LogP contribution in [0.25, 0.3) is 0 Å². The molecule has 1 aromatic carbocycles. The van der Waals surface area contributed by atoms with Crippen LogP contribution < -0.4 is 10.2 Å². The fraction of sp³-hybridized carbons (Fsp3) is 0.375. The van der Waals surface area contributed by atoms with Gasteiger partial charge in [-0.2, -0.15) is 18.2 Å². The van der Waals surface area contributed by atoms with Gasteiger partial charge in [0.25, 0.3) is 0 Å². The lowest BCUT2D eigenvalue weighted by Crippen LogP contribution is -2.23. The Labute approximate surface area is 133 Å². The van der Waals surface area contributed by atoms with Gasteiger partial charge in [0.15, 0.2) is 0 Å². The SMILES string of the molecule is CCN(CC)c1cc(C)nc(Nc2cccc(C(F)(F)F)c2)n1. The fourth-order valence-electron chi connectivity index (χ4n) is 2.22. The number of nitrogens with one attached hydrogen (secondary N) is 1. The molecule has 124 valence electrons. The van der Waals surface area contributed by atoms with Crippen molar-refractivity contribution < 1.29 is 13.2 Å². The average Bonchev–Trinajstić information content (AvgIpc) is 2.47. The number of anilines is 3. The van der Waals surface area contributed by atoms with Crippen LogP contribution in [0, 0.1) is 6.92 Å². The quantitative estimate of drug-likeness (QED) is 0.885. The van der Waals surface area contributed by atoms with Crippen molar-refractivity contribution in [3.8, 4) is 0 Å². The lowest BCUT2D eigenvalue weighted by atomic mass is 10.2. The van der Waals surface area contributed by atoms with Gasteiger partial charge in [-0.15, -0.1) is 0 Å². The maximum Gasteiger partial charge on any atom is 0.416 e. The Morgan fingerprint density at radius 3 is 2.39 bits per heavy atom. The van der Waals surface area contributed by atoms with Crippen molar-refractivity contribution in [3.63, 3.8) is 0 Å². The molecule has 0 fully saturated rings. The molecule has 0 spiro atoms. The van der Waals surface area contributed by atoms with Crippen LogP contribution in [0.4, 0.5) is 30.6 Å². The monoisotopic (exact) mass is 324 g/mol. The lowest BCUT2D eigenvalue weighted by Gasteiger charge is -2.20. The van der Waals surface area contributed by atoms with Gasteiger partial charge in [0, 0.05) is 30.5 Å². The fourth-order valence-corrected chi connectivity index (χ4v) is 2.22. The zero-order valence-electron chi connectivity index (χ0n) is 13.3. The number of aryl methyl sites for hydroxylation is 1. The summed E-state index contributed by atoms with van der Waals surface area (Å²) in [5.41, 5.74) is 0.339. The molecule has 0 unspecified atom stereocenters. The molecule has 0 bridgehead atoms. The van der Waals surface area contributed by atoms with E-state index in [0.29, 0.717) is 5.69 Å². The van der Waals surface area contributed by atoms with Crippen LogP contribution in [0.2, 0.25) is 0 Å². The van der Waals surface area contributed by atoms with Gasteiger partial charge in [0.05, 0.1) is 5.56 Å². The molecule has 0 saturated carbocycles. The van der Waals surface area contributed by atoms with E-state index in [0.717, 1.165) is 36.7 Å². The van der Waals surface area contributed by atoms with Crippen LogP contribution >= 0.6 is 0 Å². The Hall–Kier alpha value is -2.31. The van der Waals surface area contributed by atoms with Gasteiger partial charge in [-0.3, -0.25) is 0 Å². The summed E-state index contributed by atoms with van der Waals surface area (Å²) in [6, 6.07) is 6.83. The summed E-state index contributed by atoms with van der Waals surface area (Å²) in [4.78, 5) is 10.7. The normalized spacial score (nSPS) is 11.4. The topological polar surface area (TPSA) is 41.1 Å². The highest BCUT2D eigenvalue weighted by Gasteiger charge is 2.30. The molecule has 23 heavy (non-hydrogen) atoms. The molecule has 2 aromatic rings. The molecule has 7 heteroatoms. The minimum atomic E-state index is -4.38. The molecule has 0 amide bonds. The predicted octanol–water partition coefficient (Wildman–Crippen LogP) is 4.39. The van der Waals surface area contributed by atoms with Gasteiger partial charge in [-0.25, -0.2) is 4.98 Å². The summed E-state index contributed by atoms with van der Waals surface area (Å²) >= 11 is 0. The highest BCUT2D eigenvalue weighted by atomic mass is 19.4. The van der Waals surface area contributed by atoms with E-state index in [1.807, 2.05) is 31.7 Å². The number of benzene rings is 1. The third kappa shape index (κ3) is 4.34. The Morgan fingerprint density at radius 2 is 1.78 bits per heavy atom. The molecule has 0 aliphatic carbocycles. The zero-order valence-corrected chi connectivity index (χ0v) is 13.3. The number of nitrogens with zero attached hydrogens (tertiary/aromatic N) is 3. The number of rotatable bonds is 5. The Balaban J connectivity index is 2.30. The van der Waals surface area contributed by atoms with E-state index < -0.39 is 11.7 Å². The maximum absolute atomic E-state index is 12.8. The third-order valence-electron chi connectivity index (χ3n) is 3.37. The second-order valence-electron chi connectivity index (χ2n) is 5.07. The summed E-state index contributed by atoms with van der Waals surface area (Å²) in [6.07, 6.45) is -4.38. The summed E-state index contributed by atoms with van der Waals surface area (Å²) < 4.78 is 38.3. The molecule has 0 aliphatic rings. The molecule has 2 rings (SSSR count). The standard InChI is InChI=1S/C16H19F3N4/c1-4-23(5-2)14-9-11(3)20-15(22-14)21-13-8-6-7-12(10-13)16(17,18)19/h6-10H,4-5H2,1-3H3,(H,20,21,22). The first-order valence-corrected chi connectivity index (χ1v) is 7.38. The maximum atomic E-state index is 12.8. The van der Waals surface area contributed by atoms with Crippen molar-refractivity contribution in [1.82, 2.24) is 9.97 Å². The number of aromatic nitrogens is 2. The second kappa shape index (κ2) is 6.85. The van der Waals surface area contributed by atoms with Crippen molar-refractivity contribution in [1.29, 1.82) is 0 Å². The number of halogens is 3. The molecular formula is C16H19F3N4. The summed E-state index contributed by atoms with van der Waals surface area (Å²) in [6.45, 7) is 7.43. The average molecular weight is 324 g/mol. The van der Waals surface area contributed by atoms with Crippen LogP contribution in [0.1, 0.15) is 25.1 Å². The first kappa shape index (κ1) is 17.1. The van der Waals surface area contributed by atoms with Gasteiger partial charge in [-0.1, -0.05) is 6.07 Å². The van der Waals surface area contributed by atoms with Gasteiger partial charge in [0.2, 0.25) is 5.95 Å². The van der Waals surface area contributed by atoms with Crippen LogP contribution in [0.5, 0.6) is 0 Å². The van der Waals surface area contributed by atoms with Gasteiger partial charge in [-0.05, 0) is 39.0 Å². The Morgan fingerprint density at radius 1 is 1.09 bits per heavy atom. The Kier molecular flexibility index (Phi) is 5.08. The predicted molar refractivity (Wildman–Crippen MR) is 85.1 cm³/mol. The highest BCUT2D eigenvalue weighted by molar-refractivity contribution is 5.57. The van der Waals surface area contributed by atoms with E-state index in [9.17, 15) is 13.2 Å². The molecule has 1 heterocycles. The van der Waals surface area contributed by atoms with E-state index in [1.54, 1.807) is 6.07 Å². The molecule has 1 N–H and O–H groups in total. The largest absolute Gasteiger partial charge is 0.416 e. The first-order chi connectivity index (χ1) is 10.8. The molecule has 0 aliphatic heterocycles. The van der Waals surface area contributed by atoms with Crippen LogP contribution in [0.15, 0.2) is 30.3 Å². The summed E-state index contributed by atoms with van der Waals surface area (Å²) in [5, 5.41) is 2.85. The molecule has 4 nitrogen and oxygen atoms in total. The highest BCUT2D eigenvalue weighted by Crippen LogP contribution is 2.31. The van der Waals surface area contributed by atoms with E-state index in [1.165, 1.54) is 6.07 Å². The smallest absolute Gasteiger partial charge is 0.357 e. The van der Waals surface area contributed by atoms with Crippen molar-refractivity contribution >= 4 is 17.5 Å². The summed E-state index contributed by atoms with van der Waals surface area (Å²) in [7, 11) is 0. The molecular weight excluding hydrogens is 305 g/mol. The first-order valence-electron chi connectivity index (χ1n) is 7.38. The van der Waals surface area contributed by atoms with Gasteiger partial charge in [0.1, 0.15) is 5.82 Å². The second-order valence-corrected chi connectivity index (χ2v) is 5.07. The van der Waals surface area contributed by atoms with Crippen LogP contribution in [-0.2, 0) is 6.18 Å². The van der Waals surface area contributed by atoms with E-state index >= 15 is 0 Å². The number of alkyl halides is 3. The van der Waals surface area contributed by atoms with Crippen LogP contribution in [-0.4, -0.2) is 23.1 Å².